The number of carbonyl (C=O) groups is 3. The van der Waals surface area contributed by atoms with E-state index in [0.29, 0.717) is 49.7 Å². The van der Waals surface area contributed by atoms with Crippen molar-refractivity contribution >= 4 is 73.7 Å². The molecule has 0 unspecified atom stereocenters. The highest BCUT2D eigenvalue weighted by molar-refractivity contribution is 9.10. The third-order valence-electron chi connectivity index (χ3n) is 9.23. The standard InChI is InChI=1S/C32H34BrN3O5S2/c1-17-6-23(33)24(7-18(17)2)34-28(37)16-41-25-5-4-19(11-26(25)40-3)12-27-29(38)36(31(42)43-27)35-30(39)32-13-20-8-21(14-32)10-22(9-20)15-32/h4-7,11-12,20-22H,8-10,13-16H2,1-3H3,(H,34,37)(H,35,39)/b27-12+. The number of aryl methyl sites for hydroxylation is 2. The van der Waals surface area contributed by atoms with Crippen LogP contribution in [0.5, 0.6) is 11.5 Å². The maximum atomic E-state index is 13.5. The molecule has 0 radical (unpaired) electrons. The number of halogens is 1. The Morgan fingerprint density at radius 1 is 1.07 bits per heavy atom. The van der Waals surface area contributed by atoms with E-state index in [0.717, 1.165) is 46.6 Å². The molecule has 5 fully saturated rings. The normalized spacial score (nSPS) is 26.7. The molecule has 0 spiro atoms. The highest BCUT2D eigenvalue weighted by Gasteiger charge is 2.55. The number of thioether (sulfide) groups is 1. The van der Waals surface area contributed by atoms with Gasteiger partial charge >= 0.3 is 0 Å². The quantitative estimate of drug-likeness (QED) is 0.241. The number of benzene rings is 2. The van der Waals surface area contributed by atoms with E-state index in [4.69, 9.17) is 21.7 Å². The van der Waals surface area contributed by atoms with Gasteiger partial charge in [-0.3, -0.25) is 19.8 Å². The summed E-state index contributed by atoms with van der Waals surface area (Å²) in [5.41, 5.74) is 6.07. The molecule has 2 aromatic carbocycles. The summed E-state index contributed by atoms with van der Waals surface area (Å²) in [4.78, 5) is 39.9. The van der Waals surface area contributed by atoms with Crippen LogP contribution in [-0.4, -0.2) is 40.8 Å². The van der Waals surface area contributed by atoms with Crippen LogP contribution in [-0.2, 0) is 14.4 Å². The Morgan fingerprint density at radius 3 is 2.37 bits per heavy atom. The van der Waals surface area contributed by atoms with Crippen molar-refractivity contribution in [3.63, 3.8) is 0 Å². The minimum absolute atomic E-state index is 0.0683. The van der Waals surface area contributed by atoms with Crippen molar-refractivity contribution in [1.82, 2.24) is 10.4 Å². The maximum Gasteiger partial charge on any atom is 0.285 e. The number of hydrogen-bond acceptors (Lipinski definition) is 7. The zero-order chi connectivity index (χ0) is 30.5. The number of nitrogens with one attached hydrogen (secondary N) is 2. The summed E-state index contributed by atoms with van der Waals surface area (Å²) in [5.74, 6) is 1.96. The van der Waals surface area contributed by atoms with Crippen molar-refractivity contribution in [2.24, 2.45) is 23.2 Å². The van der Waals surface area contributed by atoms with Crippen LogP contribution in [0.1, 0.15) is 55.2 Å². The van der Waals surface area contributed by atoms with E-state index in [1.165, 1.54) is 31.4 Å². The number of hydrogen-bond donors (Lipinski definition) is 2. The molecular formula is C32H34BrN3O5S2. The molecule has 43 heavy (non-hydrogen) atoms. The second kappa shape index (κ2) is 11.9. The number of methoxy groups -OCH3 is 1. The minimum Gasteiger partial charge on any atom is -0.493 e. The Kier molecular flexibility index (Phi) is 8.34. The first-order chi connectivity index (χ1) is 20.5. The Bertz CT molecular complexity index is 1520. The summed E-state index contributed by atoms with van der Waals surface area (Å²) in [5, 5.41) is 4.09. The monoisotopic (exact) mass is 683 g/mol. The maximum absolute atomic E-state index is 13.5. The smallest absolute Gasteiger partial charge is 0.285 e. The molecular weight excluding hydrogens is 650 g/mol. The van der Waals surface area contributed by atoms with Gasteiger partial charge in [-0.25, -0.2) is 0 Å². The summed E-state index contributed by atoms with van der Waals surface area (Å²) >= 11 is 10.1. The third-order valence-corrected chi connectivity index (χ3v) is 11.2. The molecule has 8 nitrogen and oxygen atoms in total. The van der Waals surface area contributed by atoms with Crippen molar-refractivity contribution in [2.45, 2.75) is 52.4 Å². The summed E-state index contributed by atoms with van der Waals surface area (Å²) in [6.45, 7) is 3.78. The number of thiocarbonyl (C=S) groups is 1. The summed E-state index contributed by atoms with van der Waals surface area (Å²) in [6.07, 6.45) is 8.16. The van der Waals surface area contributed by atoms with E-state index in [1.54, 1.807) is 24.3 Å². The number of ether oxygens (including phenoxy) is 2. The highest BCUT2D eigenvalue weighted by atomic mass is 79.9. The fourth-order valence-corrected chi connectivity index (χ4v) is 9.16. The van der Waals surface area contributed by atoms with Gasteiger partial charge in [0.05, 0.1) is 23.1 Å². The summed E-state index contributed by atoms with van der Waals surface area (Å²) < 4.78 is 12.4. The average Bonchev–Trinajstić information content (AvgIpc) is 3.21. The van der Waals surface area contributed by atoms with Gasteiger partial charge in [0.2, 0.25) is 5.91 Å². The average molecular weight is 685 g/mol. The van der Waals surface area contributed by atoms with Crippen LogP contribution in [0, 0.1) is 37.0 Å². The molecule has 1 aliphatic heterocycles. The van der Waals surface area contributed by atoms with E-state index >= 15 is 0 Å². The van der Waals surface area contributed by atoms with Gasteiger partial charge in [0.15, 0.2) is 22.4 Å². The van der Waals surface area contributed by atoms with Crippen LogP contribution in [0.4, 0.5) is 5.69 Å². The lowest BCUT2D eigenvalue weighted by atomic mass is 9.49. The molecule has 3 amide bonds. The molecule has 2 aromatic rings. The number of rotatable bonds is 8. The summed E-state index contributed by atoms with van der Waals surface area (Å²) in [6, 6.07) is 9.06. The van der Waals surface area contributed by atoms with Crippen LogP contribution in [0.3, 0.4) is 0 Å². The second-order valence-corrected chi connectivity index (χ2v) is 14.8. The lowest BCUT2D eigenvalue weighted by Crippen LogP contribution is -2.57. The zero-order valence-electron chi connectivity index (χ0n) is 24.3. The van der Waals surface area contributed by atoms with E-state index in [1.807, 2.05) is 26.0 Å². The van der Waals surface area contributed by atoms with Gasteiger partial charge in [-0.1, -0.05) is 17.8 Å². The molecule has 0 atom stereocenters. The number of carbonyl (C=O) groups excluding carboxylic acids is 3. The van der Waals surface area contributed by atoms with Gasteiger partial charge in [-0.15, -0.1) is 0 Å². The predicted molar refractivity (Wildman–Crippen MR) is 174 cm³/mol. The Hall–Kier alpha value is -2.89. The second-order valence-electron chi connectivity index (χ2n) is 12.3. The number of hydrazine groups is 1. The molecule has 1 heterocycles. The number of nitrogens with zero attached hydrogens (tertiary/aromatic N) is 1. The third kappa shape index (κ3) is 6.08. The summed E-state index contributed by atoms with van der Waals surface area (Å²) in [7, 11) is 1.51. The van der Waals surface area contributed by atoms with Crippen LogP contribution >= 0.6 is 39.9 Å². The molecule has 11 heteroatoms. The molecule has 4 saturated carbocycles. The largest absolute Gasteiger partial charge is 0.493 e. The number of anilines is 1. The van der Waals surface area contributed by atoms with E-state index in [9.17, 15) is 14.4 Å². The molecule has 4 aliphatic carbocycles. The van der Waals surface area contributed by atoms with E-state index in [2.05, 4.69) is 26.7 Å². The van der Waals surface area contributed by atoms with Gasteiger partial charge in [-0.05, 0) is 145 Å². The van der Waals surface area contributed by atoms with Crippen molar-refractivity contribution in [1.29, 1.82) is 0 Å². The van der Waals surface area contributed by atoms with Gasteiger partial charge in [-0.2, -0.15) is 5.01 Å². The Balaban J connectivity index is 1.09. The molecule has 1 saturated heterocycles. The van der Waals surface area contributed by atoms with Gasteiger partial charge < -0.3 is 14.8 Å². The molecule has 4 bridgehead atoms. The van der Waals surface area contributed by atoms with Crippen molar-refractivity contribution < 1.29 is 23.9 Å². The van der Waals surface area contributed by atoms with E-state index in [-0.39, 0.29) is 29.7 Å². The van der Waals surface area contributed by atoms with Crippen molar-refractivity contribution in [2.75, 3.05) is 19.0 Å². The highest BCUT2D eigenvalue weighted by Crippen LogP contribution is 2.60. The fraction of sp³-hybridized carbons (Fsp3) is 0.438. The van der Waals surface area contributed by atoms with Crippen molar-refractivity contribution in [3.05, 3.63) is 56.4 Å². The lowest BCUT2D eigenvalue weighted by Gasteiger charge is -2.55. The molecule has 7 rings (SSSR count). The van der Waals surface area contributed by atoms with Crippen LogP contribution in [0.2, 0.25) is 0 Å². The fourth-order valence-electron chi connectivity index (χ4n) is 7.42. The number of amides is 3. The minimum atomic E-state index is -0.378. The topological polar surface area (TPSA) is 97.0 Å². The first-order valence-corrected chi connectivity index (χ1v) is 16.5. The Morgan fingerprint density at radius 2 is 1.72 bits per heavy atom. The molecule has 5 aliphatic rings. The first-order valence-electron chi connectivity index (χ1n) is 14.5. The molecule has 226 valence electrons. The van der Waals surface area contributed by atoms with Crippen LogP contribution in [0.25, 0.3) is 6.08 Å². The SMILES string of the molecule is COc1cc(/C=C2/SC(=S)N(NC(=O)C34CC5CC(CC(C5)C3)C4)C2=O)ccc1OCC(=O)Nc1cc(C)c(C)cc1Br. The van der Waals surface area contributed by atoms with Gasteiger partial charge in [0, 0.05) is 4.47 Å². The van der Waals surface area contributed by atoms with Gasteiger partial charge in [0.25, 0.3) is 11.8 Å². The Labute approximate surface area is 269 Å². The molecule has 0 aromatic heterocycles. The zero-order valence-corrected chi connectivity index (χ0v) is 27.5. The van der Waals surface area contributed by atoms with Crippen molar-refractivity contribution in [3.8, 4) is 11.5 Å². The first kappa shape index (κ1) is 30.1. The predicted octanol–water partition coefficient (Wildman–Crippen LogP) is 6.54. The lowest BCUT2D eigenvalue weighted by molar-refractivity contribution is -0.152. The van der Waals surface area contributed by atoms with E-state index < -0.39 is 0 Å². The van der Waals surface area contributed by atoms with Gasteiger partial charge in [0.1, 0.15) is 0 Å². The molecule has 2 N–H and O–H groups in total. The van der Waals surface area contributed by atoms with Crippen LogP contribution in [0.15, 0.2) is 39.7 Å². The van der Waals surface area contributed by atoms with Crippen LogP contribution < -0.4 is 20.2 Å².